The van der Waals surface area contributed by atoms with E-state index in [2.05, 4.69) is 0 Å². The summed E-state index contributed by atoms with van der Waals surface area (Å²) in [6.07, 6.45) is 2.67. The molecule has 2 bridgehead atoms. The molecule has 1 heterocycles. The topological polar surface area (TPSA) is 52.6 Å². The monoisotopic (exact) mass is 286 g/mol. The number of rotatable bonds is 0. The van der Waals surface area contributed by atoms with Gasteiger partial charge in [-0.05, 0) is 65.8 Å². The Morgan fingerprint density at radius 2 is 1.48 bits per heavy atom. The van der Waals surface area contributed by atoms with E-state index in [1.165, 1.54) is 12.8 Å². The van der Waals surface area contributed by atoms with Crippen molar-refractivity contribution in [3.8, 4) is 0 Å². The fourth-order valence-corrected chi connectivity index (χ4v) is 7.40. The summed E-state index contributed by atoms with van der Waals surface area (Å²) in [6, 6.07) is 0. The highest BCUT2D eigenvalue weighted by Gasteiger charge is 2.79. The lowest BCUT2D eigenvalue weighted by molar-refractivity contribution is -0.222. The third kappa shape index (κ3) is 0.984. The maximum atomic E-state index is 12.4. The van der Waals surface area contributed by atoms with Gasteiger partial charge in [-0.1, -0.05) is 0 Å². The van der Waals surface area contributed by atoms with E-state index in [1.807, 2.05) is 0 Å². The van der Waals surface area contributed by atoms with Gasteiger partial charge in [-0.25, -0.2) is 9.59 Å². The minimum Gasteiger partial charge on any atom is -0.419 e. The number of ether oxygens (including phenoxy) is 2. The molecule has 0 aromatic rings. The van der Waals surface area contributed by atoms with Crippen molar-refractivity contribution in [2.75, 3.05) is 0 Å². The fourth-order valence-electron chi connectivity index (χ4n) is 7.40. The quantitative estimate of drug-likeness (QED) is 0.388. The van der Waals surface area contributed by atoms with Gasteiger partial charge in [-0.15, -0.1) is 0 Å². The summed E-state index contributed by atoms with van der Waals surface area (Å²) in [6.45, 7) is 3.23. The second kappa shape index (κ2) is 2.92. The lowest BCUT2D eigenvalue weighted by Crippen LogP contribution is -2.45. The molecule has 1 aliphatic heterocycles. The predicted molar refractivity (Wildman–Crippen MR) is 70.4 cm³/mol. The highest BCUT2D eigenvalue weighted by Crippen LogP contribution is 2.84. The van der Waals surface area contributed by atoms with Crippen molar-refractivity contribution in [3.05, 3.63) is 11.1 Å². The van der Waals surface area contributed by atoms with Crippen LogP contribution in [0, 0.1) is 47.3 Å². The van der Waals surface area contributed by atoms with Crippen molar-refractivity contribution < 1.29 is 19.1 Å². The van der Waals surface area contributed by atoms with Crippen LogP contribution in [-0.4, -0.2) is 17.7 Å². The molecular formula is C17H18O4. The first-order valence-corrected chi connectivity index (χ1v) is 8.19. The second-order valence-electron chi connectivity index (χ2n) is 8.34. The molecule has 0 radical (unpaired) electrons. The molecule has 0 unspecified atom stereocenters. The van der Waals surface area contributed by atoms with Crippen molar-refractivity contribution in [1.29, 1.82) is 0 Å². The van der Waals surface area contributed by atoms with E-state index < -0.39 is 17.7 Å². The molecule has 5 aliphatic carbocycles. The van der Waals surface area contributed by atoms with Crippen LogP contribution in [-0.2, 0) is 19.1 Å². The summed E-state index contributed by atoms with van der Waals surface area (Å²) < 4.78 is 10.7. The van der Waals surface area contributed by atoms with Crippen molar-refractivity contribution in [3.63, 3.8) is 0 Å². The average Bonchev–Trinajstić information content (AvgIpc) is 2.85. The fraction of sp³-hybridized carbons (Fsp3) is 0.765. The maximum absolute atomic E-state index is 12.4. The van der Waals surface area contributed by atoms with Crippen molar-refractivity contribution in [1.82, 2.24) is 0 Å². The van der Waals surface area contributed by atoms with Crippen LogP contribution in [0.15, 0.2) is 11.1 Å². The van der Waals surface area contributed by atoms with Crippen LogP contribution in [0.3, 0.4) is 0 Å². The highest BCUT2D eigenvalue weighted by atomic mass is 16.7. The first-order valence-electron chi connectivity index (χ1n) is 8.19. The second-order valence-corrected chi connectivity index (χ2v) is 8.34. The molecule has 0 aromatic carbocycles. The summed E-state index contributed by atoms with van der Waals surface area (Å²) in [7, 11) is 0. The van der Waals surface area contributed by atoms with Gasteiger partial charge in [-0.2, -0.15) is 0 Å². The Bertz CT molecular complexity index is 632. The minimum absolute atomic E-state index is 0.271. The Kier molecular flexibility index (Phi) is 1.57. The SMILES string of the molecule is CC1(C)OC(=O)C(=C2[C@@H]3[C@H]4C[C@H]5[C@@H]3C[C@@H]3[C@@H]2[C@H]4[C@H]35)C(=O)O1. The Balaban J connectivity index is 1.53. The van der Waals surface area contributed by atoms with E-state index in [1.54, 1.807) is 13.8 Å². The van der Waals surface area contributed by atoms with E-state index in [4.69, 9.17) is 9.47 Å². The Hall–Kier alpha value is -1.32. The lowest BCUT2D eigenvalue weighted by atomic mass is 9.58. The predicted octanol–water partition coefficient (Wildman–Crippen LogP) is 1.90. The molecule has 1 saturated heterocycles. The third-order valence-corrected chi connectivity index (χ3v) is 7.46. The van der Waals surface area contributed by atoms with Crippen molar-refractivity contribution >= 4 is 11.9 Å². The number of fused-ring (bicyclic) bond motifs is 2. The molecule has 8 atom stereocenters. The molecule has 0 spiro atoms. The van der Waals surface area contributed by atoms with Gasteiger partial charge in [0, 0.05) is 13.8 Å². The number of cyclic esters (lactones) is 2. The number of hydrogen-bond donors (Lipinski definition) is 0. The van der Waals surface area contributed by atoms with Crippen LogP contribution in [0.25, 0.3) is 0 Å². The molecule has 0 amide bonds. The van der Waals surface area contributed by atoms with Crippen LogP contribution in [0.2, 0.25) is 0 Å². The van der Waals surface area contributed by atoms with E-state index in [0.29, 0.717) is 11.8 Å². The van der Waals surface area contributed by atoms with Crippen molar-refractivity contribution in [2.45, 2.75) is 32.5 Å². The van der Waals surface area contributed by atoms with Crippen LogP contribution in [0.1, 0.15) is 26.7 Å². The first kappa shape index (κ1) is 11.3. The third-order valence-electron chi connectivity index (χ3n) is 7.46. The van der Waals surface area contributed by atoms with E-state index in [0.717, 1.165) is 41.1 Å². The van der Waals surface area contributed by atoms with E-state index >= 15 is 0 Å². The minimum atomic E-state index is -1.13. The normalized spacial score (nSPS) is 56.9. The Labute approximate surface area is 122 Å². The number of allylic oxidation sites excluding steroid dienone is 1. The largest absolute Gasteiger partial charge is 0.419 e. The van der Waals surface area contributed by atoms with Gasteiger partial charge in [-0.3, -0.25) is 0 Å². The Morgan fingerprint density at radius 1 is 0.857 bits per heavy atom. The zero-order valence-electron chi connectivity index (χ0n) is 12.2. The zero-order valence-corrected chi connectivity index (χ0v) is 12.2. The summed E-state index contributed by atoms with van der Waals surface area (Å²) in [5.41, 5.74) is 1.42. The van der Waals surface area contributed by atoms with E-state index in [-0.39, 0.29) is 5.57 Å². The molecule has 6 fully saturated rings. The summed E-state index contributed by atoms with van der Waals surface area (Å²) in [4.78, 5) is 24.8. The molecule has 6 rings (SSSR count). The standard InChI is InChI=1S/C17H18O4/c1-17(2)20-15(18)14(16(19)21-17)13-10-6-4-7-9-5(6)3-8(10)11(9)12(7)13/h5-12H,3-4H2,1-2H3/t5-,6-,7-,8+,9-,10-,11+,12+/m0/s1. The number of carbonyl (C=O) groups is 2. The number of hydrogen-bond acceptors (Lipinski definition) is 4. The highest BCUT2D eigenvalue weighted by molar-refractivity contribution is 6.16. The lowest BCUT2D eigenvalue weighted by Gasteiger charge is -2.46. The number of esters is 2. The molecular weight excluding hydrogens is 268 g/mol. The summed E-state index contributed by atoms with van der Waals surface area (Å²) >= 11 is 0. The van der Waals surface area contributed by atoms with Gasteiger partial charge < -0.3 is 9.47 Å². The maximum Gasteiger partial charge on any atom is 0.348 e. The molecule has 0 aromatic heterocycles. The summed E-state index contributed by atoms with van der Waals surface area (Å²) in [5.74, 6) is 3.74. The molecule has 5 saturated carbocycles. The van der Waals surface area contributed by atoms with Gasteiger partial charge in [0.2, 0.25) is 0 Å². The van der Waals surface area contributed by atoms with Crippen molar-refractivity contribution in [2.24, 2.45) is 47.3 Å². The van der Waals surface area contributed by atoms with E-state index in [9.17, 15) is 9.59 Å². The van der Waals surface area contributed by atoms with Crippen LogP contribution < -0.4 is 0 Å². The van der Waals surface area contributed by atoms with Gasteiger partial charge in [0.15, 0.2) is 0 Å². The molecule has 110 valence electrons. The smallest absolute Gasteiger partial charge is 0.348 e. The van der Waals surface area contributed by atoms with Gasteiger partial charge in [0.05, 0.1) is 0 Å². The molecule has 21 heavy (non-hydrogen) atoms. The molecule has 4 heteroatoms. The average molecular weight is 286 g/mol. The van der Waals surface area contributed by atoms with Crippen LogP contribution in [0.4, 0.5) is 0 Å². The molecule has 0 N–H and O–H groups in total. The van der Waals surface area contributed by atoms with Crippen LogP contribution >= 0.6 is 0 Å². The first-order chi connectivity index (χ1) is 9.98. The molecule has 6 aliphatic rings. The van der Waals surface area contributed by atoms with Crippen LogP contribution in [0.5, 0.6) is 0 Å². The van der Waals surface area contributed by atoms with Gasteiger partial charge >= 0.3 is 11.9 Å². The summed E-state index contributed by atoms with van der Waals surface area (Å²) in [5, 5.41) is 0. The Morgan fingerprint density at radius 3 is 2.19 bits per heavy atom. The number of carbonyl (C=O) groups excluding carboxylic acids is 2. The van der Waals surface area contributed by atoms with Gasteiger partial charge in [0.25, 0.3) is 5.79 Å². The zero-order chi connectivity index (χ0) is 14.3. The van der Waals surface area contributed by atoms with Gasteiger partial charge in [0.1, 0.15) is 5.57 Å². The molecule has 4 nitrogen and oxygen atoms in total.